The van der Waals surface area contributed by atoms with Crippen LogP contribution in [0.4, 0.5) is 0 Å². The maximum Gasteiger partial charge on any atom is 0.229 e. The Hall–Kier alpha value is -1.80. The molecule has 3 heterocycles. The van der Waals surface area contributed by atoms with Crippen LogP contribution in [-0.4, -0.2) is 56.3 Å². The molecule has 1 saturated heterocycles. The third-order valence-corrected chi connectivity index (χ3v) is 5.02. The van der Waals surface area contributed by atoms with Gasteiger partial charge in [-0.1, -0.05) is 10.3 Å². The molecule has 2 saturated carbocycles. The van der Waals surface area contributed by atoms with E-state index in [9.17, 15) is 0 Å². The number of hydrogen-bond acceptors (Lipinski definition) is 8. The van der Waals surface area contributed by atoms with Crippen LogP contribution < -0.4 is 0 Å². The normalized spacial score (nSPS) is 23.0. The number of nitrogens with zero attached hydrogens (tertiary/aromatic N) is 6. The first kappa shape index (κ1) is 14.5. The van der Waals surface area contributed by atoms with Crippen molar-refractivity contribution in [2.75, 3.05) is 26.2 Å². The van der Waals surface area contributed by atoms with Crippen LogP contribution in [0.25, 0.3) is 0 Å². The molecule has 5 rings (SSSR count). The first-order valence-corrected chi connectivity index (χ1v) is 8.93. The summed E-state index contributed by atoms with van der Waals surface area (Å²) in [5, 5.41) is 8.22. The monoisotopic (exact) mass is 330 g/mol. The number of aromatic nitrogens is 4. The van der Waals surface area contributed by atoms with Crippen molar-refractivity contribution in [3.8, 4) is 0 Å². The van der Waals surface area contributed by atoms with Gasteiger partial charge in [-0.3, -0.25) is 9.80 Å². The van der Waals surface area contributed by atoms with Crippen LogP contribution in [0, 0.1) is 0 Å². The molecule has 3 fully saturated rings. The van der Waals surface area contributed by atoms with Gasteiger partial charge in [0.2, 0.25) is 11.8 Å². The predicted octanol–water partition coefficient (Wildman–Crippen LogP) is 1.53. The zero-order chi connectivity index (χ0) is 15.9. The van der Waals surface area contributed by atoms with Gasteiger partial charge < -0.3 is 9.05 Å². The smallest absolute Gasteiger partial charge is 0.229 e. The summed E-state index contributed by atoms with van der Waals surface area (Å²) in [6, 6.07) is 0. The van der Waals surface area contributed by atoms with Gasteiger partial charge in [0, 0.05) is 38.0 Å². The molecule has 2 aliphatic carbocycles. The van der Waals surface area contributed by atoms with Crippen molar-refractivity contribution in [1.82, 2.24) is 30.1 Å². The van der Waals surface area contributed by atoms with Crippen LogP contribution in [0.2, 0.25) is 0 Å². The maximum absolute atomic E-state index is 5.33. The van der Waals surface area contributed by atoms with Gasteiger partial charge in [0.15, 0.2) is 11.6 Å². The molecule has 0 spiro atoms. The Labute approximate surface area is 140 Å². The SMILES string of the molecule is C1CC1c1nc(CN2CCN(Cc3noc(C4CC4)n3)CC2)no1. The summed E-state index contributed by atoms with van der Waals surface area (Å²) in [5.74, 6) is 4.34. The molecule has 0 aromatic carbocycles. The third-order valence-electron chi connectivity index (χ3n) is 5.02. The lowest BCUT2D eigenvalue weighted by Gasteiger charge is -2.33. The highest BCUT2D eigenvalue weighted by Crippen LogP contribution is 2.39. The lowest BCUT2D eigenvalue weighted by molar-refractivity contribution is 0.116. The van der Waals surface area contributed by atoms with Crippen molar-refractivity contribution in [1.29, 1.82) is 0 Å². The van der Waals surface area contributed by atoms with Gasteiger partial charge in [-0.25, -0.2) is 0 Å². The Balaban J connectivity index is 1.10. The largest absolute Gasteiger partial charge is 0.339 e. The highest BCUT2D eigenvalue weighted by molar-refractivity contribution is 5.02. The first-order valence-electron chi connectivity index (χ1n) is 8.93. The van der Waals surface area contributed by atoms with Crippen LogP contribution in [0.5, 0.6) is 0 Å². The molecule has 2 aromatic rings. The molecule has 128 valence electrons. The van der Waals surface area contributed by atoms with Crippen LogP contribution in [0.15, 0.2) is 9.05 Å². The molecule has 24 heavy (non-hydrogen) atoms. The number of piperazine rings is 1. The van der Waals surface area contributed by atoms with Crippen molar-refractivity contribution in [3.05, 3.63) is 23.4 Å². The minimum absolute atomic E-state index is 0.526. The molecule has 0 atom stereocenters. The van der Waals surface area contributed by atoms with Gasteiger partial charge >= 0.3 is 0 Å². The molecular weight excluding hydrogens is 308 g/mol. The molecule has 3 aliphatic rings. The van der Waals surface area contributed by atoms with Crippen LogP contribution in [0.3, 0.4) is 0 Å². The lowest BCUT2D eigenvalue weighted by Crippen LogP contribution is -2.45. The second kappa shape index (κ2) is 5.93. The number of rotatable bonds is 6. The zero-order valence-electron chi connectivity index (χ0n) is 13.7. The topological polar surface area (TPSA) is 84.3 Å². The second-order valence-electron chi connectivity index (χ2n) is 7.20. The Morgan fingerprint density at radius 2 is 1.12 bits per heavy atom. The fourth-order valence-electron chi connectivity index (χ4n) is 3.16. The standard InChI is InChI=1S/C16H22N6O2/c1-2-11(1)15-17-13(19-23-15)9-21-5-7-22(8-6-21)10-14-18-16(24-20-14)12-3-4-12/h11-12H,1-10H2. The first-order chi connectivity index (χ1) is 11.8. The molecule has 8 nitrogen and oxygen atoms in total. The van der Waals surface area contributed by atoms with E-state index in [4.69, 9.17) is 9.05 Å². The predicted molar refractivity (Wildman–Crippen MR) is 83.1 cm³/mol. The van der Waals surface area contributed by atoms with E-state index in [0.29, 0.717) is 11.8 Å². The van der Waals surface area contributed by atoms with Crippen LogP contribution >= 0.6 is 0 Å². The molecular formula is C16H22N6O2. The van der Waals surface area contributed by atoms with Crippen molar-refractivity contribution in [3.63, 3.8) is 0 Å². The van der Waals surface area contributed by atoms with Gasteiger partial charge in [-0.05, 0) is 25.7 Å². The molecule has 0 bridgehead atoms. The quantitative estimate of drug-likeness (QED) is 0.788. The summed E-state index contributed by atoms with van der Waals surface area (Å²) in [6.07, 6.45) is 4.77. The fraction of sp³-hybridized carbons (Fsp3) is 0.750. The fourth-order valence-corrected chi connectivity index (χ4v) is 3.16. The zero-order valence-corrected chi connectivity index (χ0v) is 13.7. The summed E-state index contributed by atoms with van der Waals surface area (Å²) in [6.45, 7) is 5.55. The Morgan fingerprint density at radius 1 is 0.708 bits per heavy atom. The van der Waals surface area contributed by atoms with Gasteiger partial charge in [-0.2, -0.15) is 9.97 Å². The van der Waals surface area contributed by atoms with E-state index >= 15 is 0 Å². The van der Waals surface area contributed by atoms with E-state index in [2.05, 4.69) is 30.1 Å². The average Bonchev–Trinajstić information content (AvgIpc) is 3.53. The van der Waals surface area contributed by atoms with E-state index in [-0.39, 0.29) is 0 Å². The summed E-state index contributed by atoms with van der Waals surface area (Å²) >= 11 is 0. The molecule has 8 heteroatoms. The summed E-state index contributed by atoms with van der Waals surface area (Å²) < 4.78 is 10.7. The van der Waals surface area contributed by atoms with E-state index in [1.165, 1.54) is 25.7 Å². The van der Waals surface area contributed by atoms with Crippen LogP contribution in [0.1, 0.15) is 60.9 Å². The van der Waals surface area contributed by atoms with Gasteiger partial charge in [-0.15, -0.1) is 0 Å². The molecule has 1 aliphatic heterocycles. The van der Waals surface area contributed by atoms with Gasteiger partial charge in [0.25, 0.3) is 0 Å². The third kappa shape index (κ3) is 3.21. The summed E-state index contributed by atoms with van der Waals surface area (Å²) in [7, 11) is 0. The summed E-state index contributed by atoms with van der Waals surface area (Å²) in [5.41, 5.74) is 0. The van der Waals surface area contributed by atoms with E-state index in [1.807, 2.05) is 0 Å². The minimum Gasteiger partial charge on any atom is -0.339 e. The highest BCUT2D eigenvalue weighted by Gasteiger charge is 2.31. The van der Waals surface area contributed by atoms with Crippen molar-refractivity contribution >= 4 is 0 Å². The van der Waals surface area contributed by atoms with E-state index in [0.717, 1.165) is 62.7 Å². The van der Waals surface area contributed by atoms with Crippen LogP contribution in [-0.2, 0) is 13.1 Å². The molecule has 0 radical (unpaired) electrons. The molecule has 0 unspecified atom stereocenters. The second-order valence-corrected chi connectivity index (χ2v) is 7.20. The highest BCUT2D eigenvalue weighted by atomic mass is 16.5. The Bertz CT molecular complexity index is 637. The van der Waals surface area contributed by atoms with Crippen molar-refractivity contribution in [2.45, 2.75) is 50.6 Å². The Morgan fingerprint density at radius 3 is 1.50 bits per heavy atom. The molecule has 0 amide bonds. The minimum atomic E-state index is 0.526. The number of hydrogen-bond donors (Lipinski definition) is 0. The van der Waals surface area contributed by atoms with Crippen molar-refractivity contribution in [2.24, 2.45) is 0 Å². The van der Waals surface area contributed by atoms with E-state index < -0.39 is 0 Å². The van der Waals surface area contributed by atoms with Gasteiger partial charge in [0.05, 0.1) is 13.1 Å². The lowest BCUT2D eigenvalue weighted by atomic mass is 10.3. The average molecular weight is 330 g/mol. The van der Waals surface area contributed by atoms with E-state index in [1.54, 1.807) is 0 Å². The molecule has 0 N–H and O–H groups in total. The maximum atomic E-state index is 5.33. The molecule has 2 aromatic heterocycles. The summed E-state index contributed by atoms with van der Waals surface area (Å²) in [4.78, 5) is 13.8. The van der Waals surface area contributed by atoms with Gasteiger partial charge in [0.1, 0.15) is 0 Å². The Kier molecular flexibility index (Phi) is 3.59. The van der Waals surface area contributed by atoms with Crippen molar-refractivity contribution < 1.29 is 9.05 Å².